The van der Waals surface area contributed by atoms with E-state index in [2.05, 4.69) is 21.1 Å². The lowest BCUT2D eigenvalue weighted by Crippen LogP contribution is -2.00. The summed E-state index contributed by atoms with van der Waals surface area (Å²) >= 11 is 1.42. The van der Waals surface area contributed by atoms with Crippen LogP contribution in [0.2, 0.25) is 0 Å². The third kappa shape index (κ3) is 3.97. The van der Waals surface area contributed by atoms with Crippen LogP contribution in [-0.2, 0) is 4.74 Å². The Balaban J connectivity index is 1.76. The van der Waals surface area contributed by atoms with Crippen LogP contribution in [0.25, 0.3) is 16.8 Å². The Hall–Kier alpha value is -3.43. The number of hydrogen-bond acceptors (Lipinski definition) is 6. The summed E-state index contributed by atoms with van der Waals surface area (Å²) in [5.41, 5.74) is 3.52. The summed E-state index contributed by atoms with van der Waals surface area (Å²) in [5, 5.41) is 15.1. The van der Waals surface area contributed by atoms with Crippen molar-refractivity contribution in [3.8, 4) is 17.3 Å². The minimum atomic E-state index is -0.388. The van der Waals surface area contributed by atoms with E-state index in [0.717, 1.165) is 16.9 Å². The SMILES string of the molecule is COC(=O)c1ccc(NC=C(C#N)c2nc(-c3ccccc3)cs2)cc1. The number of carbonyl (C=O) groups excluding carboxylic acids is 1. The fourth-order valence-electron chi connectivity index (χ4n) is 2.26. The molecule has 0 spiro atoms. The van der Waals surface area contributed by atoms with E-state index in [-0.39, 0.29) is 5.97 Å². The highest BCUT2D eigenvalue weighted by atomic mass is 32.1. The monoisotopic (exact) mass is 361 g/mol. The van der Waals surface area contributed by atoms with E-state index in [4.69, 9.17) is 0 Å². The van der Waals surface area contributed by atoms with Crippen molar-refractivity contribution in [2.24, 2.45) is 0 Å². The van der Waals surface area contributed by atoms with E-state index in [1.165, 1.54) is 18.4 Å². The molecule has 6 heteroatoms. The van der Waals surface area contributed by atoms with Crippen molar-refractivity contribution in [1.29, 1.82) is 5.26 Å². The molecular formula is C20H15N3O2S. The van der Waals surface area contributed by atoms with E-state index in [0.29, 0.717) is 16.1 Å². The number of hydrogen-bond donors (Lipinski definition) is 1. The molecule has 0 aliphatic rings. The third-order valence-corrected chi connectivity index (χ3v) is 4.49. The minimum Gasteiger partial charge on any atom is -0.465 e. The van der Waals surface area contributed by atoms with Gasteiger partial charge in [0.1, 0.15) is 16.6 Å². The molecule has 0 saturated heterocycles. The number of rotatable bonds is 5. The largest absolute Gasteiger partial charge is 0.465 e. The smallest absolute Gasteiger partial charge is 0.337 e. The van der Waals surface area contributed by atoms with Gasteiger partial charge < -0.3 is 10.1 Å². The van der Waals surface area contributed by atoms with Crippen molar-refractivity contribution in [2.75, 3.05) is 12.4 Å². The van der Waals surface area contributed by atoms with Gasteiger partial charge in [0, 0.05) is 22.8 Å². The molecule has 0 aliphatic heterocycles. The number of anilines is 1. The maximum Gasteiger partial charge on any atom is 0.337 e. The molecule has 1 aromatic heterocycles. The Morgan fingerprint density at radius 2 is 1.92 bits per heavy atom. The van der Waals surface area contributed by atoms with Crippen LogP contribution in [0.15, 0.2) is 66.2 Å². The van der Waals surface area contributed by atoms with Crippen molar-refractivity contribution in [3.63, 3.8) is 0 Å². The van der Waals surface area contributed by atoms with Gasteiger partial charge in [0.05, 0.1) is 18.4 Å². The summed E-state index contributed by atoms with van der Waals surface area (Å²) in [6.45, 7) is 0. The Bertz CT molecular complexity index is 970. The van der Waals surface area contributed by atoms with Crippen LogP contribution in [-0.4, -0.2) is 18.1 Å². The van der Waals surface area contributed by atoms with Crippen LogP contribution in [0, 0.1) is 11.3 Å². The van der Waals surface area contributed by atoms with Gasteiger partial charge in [-0.3, -0.25) is 0 Å². The third-order valence-electron chi connectivity index (χ3n) is 3.61. The Labute approximate surface area is 155 Å². The van der Waals surface area contributed by atoms with Gasteiger partial charge in [-0.2, -0.15) is 5.26 Å². The molecule has 0 saturated carbocycles. The molecule has 0 unspecified atom stereocenters. The molecule has 0 fully saturated rings. The summed E-state index contributed by atoms with van der Waals surface area (Å²) in [6, 6.07) is 18.8. The van der Waals surface area contributed by atoms with Crippen LogP contribution in [0.4, 0.5) is 5.69 Å². The van der Waals surface area contributed by atoms with Gasteiger partial charge in [-0.05, 0) is 24.3 Å². The molecule has 0 radical (unpaired) electrons. The lowest BCUT2D eigenvalue weighted by atomic mass is 10.2. The number of allylic oxidation sites excluding steroid dienone is 1. The number of methoxy groups -OCH3 is 1. The first-order valence-corrected chi connectivity index (χ1v) is 8.65. The number of benzene rings is 2. The van der Waals surface area contributed by atoms with Gasteiger partial charge in [-0.15, -0.1) is 11.3 Å². The normalized spacial score (nSPS) is 10.8. The van der Waals surface area contributed by atoms with E-state index >= 15 is 0 Å². The molecule has 26 heavy (non-hydrogen) atoms. The molecule has 2 aromatic carbocycles. The van der Waals surface area contributed by atoms with Crippen molar-refractivity contribution < 1.29 is 9.53 Å². The van der Waals surface area contributed by atoms with E-state index in [9.17, 15) is 10.1 Å². The van der Waals surface area contributed by atoms with E-state index in [1.54, 1.807) is 30.5 Å². The molecule has 0 aliphatic carbocycles. The van der Waals surface area contributed by atoms with Gasteiger partial charge in [0.25, 0.3) is 0 Å². The average Bonchev–Trinajstić information content (AvgIpc) is 3.19. The lowest BCUT2D eigenvalue weighted by molar-refractivity contribution is 0.0601. The van der Waals surface area contributed by atoms with Crippen molar-refractivity contribution in [3.05, 3.63) is 76.7 Å². The van der Waals surface area contributed by atoms with Gasteiger partial charge in [-0.1, -0.05) is 30.3 Å². The molecule has 1 heterocycles. The summed E-state index contributed by atoms with van der Waals surface area (Å²) in [5.74, 6) is -0.388. The summed E-state index contributed by atoms with van der Waals surface area (Å²) in [7, 11) is 1.34. The number of thiazole rings is 1. The summed E-state index contributed by atoms with van der Waals surface area (Å²) in [6.07, 6.45) is 1.61. The van der Waals surface area contributed by atoms with Gasteiger partial charge >= 0.3 is 5.97 Å². The maximum atomic E-state index is 11.4. The minimum absolute atomic E-state index is 0.388. The summed E-state index contributed by atoms with van der Waals surface area (Å²) in [4.78, 5) is 16.0. The molecule has 3 rings (SSSR count). The van der Waals surface area contributed by atoms with Crippen LogP contribution < -0.4 is 5.32 Å². The second kappa shape index (κ2) is 8.10. The Kier molecular flexibility index (Phi) is 5.42. The van der Waals surface area contributed by atoms with E-state index in [1.807, 2.05) is 35.7 Å². The first-order valence-electron chi connectivity index (χ1n) is 7.78. The first kappa shape index (κ1) is 17.4. The van der Waals surface area contributed by atoms with Gasteiger partial charge in [-0.25, -0.2) is 9.78 Å². The molecular weight excluding hydrogens is 346 g/mol. The van der Waals surface area contributed by atoms with Crippen molar-refractivity contribution in [1.82, 2.24) is 4.98 Å². The second-order valence-corrected chi connectivity index (χ2v) is 6.15. The van der Waals surface area contributed by atoms with Gasteiger partial charge in [0.15, 0.2) is 0 Å². The zero-order chi connectivity index (χ0) is 18.4. The number of ether oxygens (including phenoxy) is 1. The molecule has 5 nitrogen and oxygen atoms in total. The van der Waals surface area contributed by atoms with E-state index < -0.39 is 0 Å². The summed E-state index contributed by atoms with van der Waals surface area (Å²) < 4.78 is 4.67. The highest BCUT2D eigenvalue weighted by Crippen LogP contribution is 2.26. The molecule has 0 atom stereocenters. The zero-order valence-electron chi connectivity index (χ0n) is 14.0. The maximum absolute atomic E-state index is 11.4. The predicted molar refractivity (Wildman–Crippen MR) is 103 cm³/mol. The van der Waals surface area contributed by atoms with Crippen LogP contribution in [0.5, 0.6) is 0 Å². The number of nitrogens with zero attached hydrogens (tertiary/aromatic N) is 2. The quantitative estimate of drug-likeness (QED) is 0.532. The standard InChI is InChI=1S/C20H15N3O2S/c1-25-20(24)15-7-9-17(10-8-15)22-12-16(11-21)19-23-18(13-26-19)14-5-3-2-4-6-14/h2-10,12-13,22H,1H3. The fourth-order valence-corrected chi connectivity index (χ4v) is 3.05. The highest BCUT2D eigenvalue weighted by Gasteiger charge is 2.09. The Morgan fingerprint density at radius 1 is 1.19 bits per heavy atom. The number of nitriles is 1. The Morgan fingerprint density at radius 3 is 2.58 bits per heavy atom. The number of aromatic nitrogens is 1. The van der Waals surface area contributed by atoms with Crippen LogP contribution in [0.1, 0.15) is 15.4 Å². The first-order chi connectivity index (χ1) is 12.7. The average molecular weight is 361 g/mol. The number of nitrogens with one attached hydrogen (secondary N) is 1. The number of carbonyl (C=O) groups is 1. The van der Waals surface area contributed by atoms with Crippen molar-refractivity contribution in [2.45, 2.75) is 0 Å². The number of esters is 1. The highest BCUT2D eigenvalue weighted by molar-refractivity contribution is 7.11. The molecule has 128 valence electrons. The van der Waals surface area contributed by atoms with Crippen LogP contribution in [0.3, 0.4) is 0 Å². The fraction of sp³-hybridized carbons (Fsp3) is 0.0500. The topological polar surface area (TPSA) is 75.0 Å². The van der Waals surface area contributed by atoms with Crippen molar-refractivity contribution >= 4 is 28.6 Å². The molecule has 3 aromatic rings. The van der Waals surface area contributed by atoms with Gasteiger partial charge in [0.2, 0.25) is 0 Å². The zero-order valence-corrected chi connectivity index (χ0v) is 14.8. The predicted octanol–water partition coefficient (Wildman–Crippen LogP) is 4.57. The second-order valence-electron chi connectivity index (χ2n) is 5.29. The molecule has 1 N–H and O–H groups in total. The van der Waals surface area contributed by atoms with Crippen LogP contribution >= 0.6 is 11.3 Å². The lowest BCUT2D eigenvalue weighted by Gasteiger charge is -2.03. The molecule has 0 amide bonds. The molecule has 0 bridgehead atoms.